The summed E-state index contributed by atoms with van der Waals surface area (Å²) in [5.41, 5.74) is 0.742. The minimum absolute atomic E-state index is 0.0407. The molecule has 30 heavy (non-hydrogen) atoms. The molecule has 1 aliphatic heterocycles. The molecule has 1 atom stereocenters. The lowest BCUT2D eigenvalue weighted by atomic mass is 10.0. The molecule has 0 saturated carbocycles. The predicted octanol–water partition coefficient (Wildman–Crippen LogP) is 3.44. The van der Waals surface area contributed by atoms with E-state index in [1.165, 1.54) is 18.2 Å². The van der Waals surface area contributed by atoms with Crippen LogP contribution in [0.2, 0.25) is 0 Å². The van der Waals surface area contributed by atoms with Gasteiger partial charge in [0.2, 0.25) is 11.7 Å². The van der Waals surface area contributed by atoms with Crippen LogP contribution in [0, 0.1) is 11.8 Å². The molecule has 3 aromatic rings. The summed E-state index contributed by atoms with van der Waals surface area (Å²) < 4.78 is 3.64. The van der Waals surface area contributed by atoms with Crippen LogP contribution in [-0.2, 0) is 11.3 Å². The van der Waals surface area contributed by atoms with Crippen LogP contribution in [0.25, 0.3) is 16.7 Å². The number of amides is 1. The summed E-state index contributed by atoms with van der Waals surface area (Å²) in [5.74, 6) is 2.04. The van der Waals surface area contributed by atoms with Gasteiger partial charge in [0.05, 0.1) is 16.7 Å². The number of nitrogens with zero attached hydrogens (tertiary/aromatic N) is 5. The van der Waals surface area contributed by atoms with E-state index in [1.807, 2.05) is 33.6 Å². The number of hydrogen-bond donors (Lipinski definition) is 0. The third kappa shape index (κ3) is 4.10. The van der Waals surface area contributed by atoms with Gasteiger partial charge in [0, 0.05) is 19.6 Å². The second-order valence-electron chi connectivity index (χ2n) is 8.65. The molecule has 3 heterocycles. The van der Waals surface area contributed by atoms with Gasteiger partial charge in [0.15, 0.2) is 5.16 Å². The first-order chi connectivity index (χ1) is 14.5. The number of carbonyl (C=O) groups is 1. The summed E-state index contributed by atoms with van der Waals surface area (Å²) in [7, 11) is 0. The Morgan fingerprint density at radius 3 is 2.83 bits per heavy atom. The number of thioether (sulfide) groups is 1. The van der Waals surface area contributed by atoms with Gasteiger partial charge in [-0.25, -0.2) is 0 Å². The van der Waals surface area contributed by atoms with Crippen molar-refractivity contribution in [2.75, 3.05) is 18.8 Å². The summed E-state index contributed by atoms with van der Waals surface area (Å²) in [4.78, 5) is 27.8. The van der Waals surface area contributed by atoms with Gasteiger partial charge in [-0.1, -0.05) is 44.7 Å². The van der Waals surface area contributed by atoms with Crippen LogP contribution in [0.15, 0.2) is 34.2 Å². The molecule has 0 aliphatic carbocycles. The monoisotopic (exact) mass is 427 g/mol. The van der Waals surface area contributed by atoms with Gasteiger partial charge in [-0.05, 0) is 43.2 Å². The molecule has 0 spiro atoms. The fraction of sp³-hybridized carbons (Fsp3) is 0.545. The van der Waals surface area contributed by atoms with Crippen LogP contribution in [0.1, 0.15) is 40.0 Å². The third-order valence-electron chi connectivity index (χ3n) is 5.74. The van der Waals surface area contributed by atoms with E-state index < -0.39 is 0 Å². The highest BCUT2D eigenvalue weighted by atomic mass is 32.2. The Hall–Kier alpha value is -2.35. The van der Waals surface area contributed by atoms with Gasteiger partial charge in [-0.3, -0.25) is 18.6 Å². The maximum Gasteiger partial charge on any atom is 0.262 e. The van der Waals surface area contributed by atoms with Crippen LogP contribution in [-0.4, -0.2) is 48.8 Å². The van der Waals surface area contributed by atoms with Crippen LogP contribution in [0.5, 0.6) is 0 Å². The van der Waals surface area contributed by atoms with Crippen LogP contribution in [0.4, 0.5) is 0 Å². The first kappa shape index (κ1) is 20.9. The second-order valence-corrected chi connectivity index (χ2v) is 9.59. The Bertz CT molecular complexity index is 1120. The summed E-state index contributed by atoms with van der Waals surface area (Å²) in [5, 5.41) is 9.99. The number of piperidine rings is 1. The van der Waals surface area contributed by atoms with E-state index in [1.54, 1.807) is 4.57 Å². The number of para-hydroxylation sites is 1. The first-order valence-corrected chi connectivity index (χ1v) is 11.7. The summed E-state index contributed by atoms with van der Waals surface area (Å²) in [6.07, 6.45) is 3.14. The molecule has 0 unspecified atom stereocenters. The van der Waals surface area contributed by atoms with Crippen LogP contribution in [0.3, 0.4) is 0 Å². The normalized spacial score (nSPS) is 17.3. The molecule has 1 aliphatic rings. The predicted molar refractivity (Wildman–Crippen MR) is 120 cm³/mol. The van der Waals surface area contributed by atoms with E-state index in [0.717, 1.165) is 31.4 Å². The highest BCUT2D eigenvalue weighted by molar-refractivity contribution is 7.99. The topological polar surface area (TPSA) is 72.5 Å². The number of likely N-dealkylation sites (tertiary alicyclic amines) is 1. The molecule has 0 radical (unpaired) electrons. The van der Waals surface area contributed by atoms with Crippen molar-refractivity contribution in [3.05, 3.63) is 34.6 Å². The smallest absolute Gasteiger partial charge is 0.262 e. The summed E-state index contributed by atoms with van der Waals surface area (Å²) >= 11 is 1.40. The van der Waals surface area contributed by atoms with Crippen molar-refractivity contribution in [3.63, 3.8) is 0 Å². The number of carbonyl (C=O) groups excluding carboxylic acids is 1. The van der Waals surface area contributed by atoms with Crippen molar-refractivity contribution >= 4 is 34.3 Å². The highest BCUT2D eigenvalue weighted by Crippen LogP contribution is 2.23. The van der Waals surface area contributed by atoms with Gasteiger partial charge in [-0.15, -0.1) is 10.2 Å². The van der Waals surface area contributed by atoms with Crippen molar-refractivity contribution in [2.24, 2.45) is 11.8 Å². The van der Waals surface area contributed by atoms with E-state index in [2.05, 4.69) is 31.0 Å². The first-order valence-electron chi connectivity index (χ1n) is 10.7. The molecule has 0 N–H and O–H groups in total. The average molecular weight is 428 g/mol. The molecule has 1 amide bonds. The van der Waals surface area contributed by atoms with Crippen LogP contribution < -0.4 is 5.56 Å². The fourth-order valence-corrected chi connectivity index (χ4v) is 4.89. The lowest BCUT2D eigenvalue weighted by Gasteiger charge is -2.30. The zero-order valence-electron chi connectivity index (χ0n) is 17.9. The van der Waals surface area contributed by atoms with Crippen molar-refractivity contribution in [1.29, 1.82) is 0 Å². The van der Waals surface area contributed by atoms with E-state index in [4.69, 9.17) is 0 Å². The molecular weight excluding hydrogens is 398 g/mol. The lowest BCUT2D eigenvalue weighted by Crippen LogP contribution is -2.40. The molecule has 7 nitrogen and oxygen atoms in total. The van der Waals surface area contributed by atoms with Crippen molar-refractivity contribution in [2.45, 2.75) is 51.7 Å². The Kier molecular flexibility index (Phi) is 6.13. The molecular formula is C22H29N5O2S. The quantitative estimate of drug-likeness (QED) is 0.564. The largest absolute Gasteiger partial charge is 0.342 e. The number of aryl methyl sites for hydroxylation is 1. The average Bonchev–Trinajstić information content (AvgIpc) is 3.15. The molecule has 8 heteroatoms. The molecule has 1 saturated heterocycles. The van der Waals surface area contributed by atoms with E-state index in [-0.39, 0.29) is 11.5 Å². The standard InChI is InChI=1S/C22H29N5O2S/c1-15(2)10-12-26-20(29)17-8-4-5-9-18(17)27-21(26)23-24-22(27)30-14-19(28)25-11-6-7-16(3)13-25/h4-5,8-9,15-16H,6-7,10-14H2,1-3H3/t16-/m0/s1. The number of rotatable bonds is 6. The summed E-state index contributed by atoms with van der Waals surface area (Å²) in [6.45, 7) is 8.74. The molecule has 1 aromatic carbocycles. The maximum atomic E-state index is 13.1. The minimum atomic E-state index is -0.0407. The van der Waals surface area contributed by atoms with E-state index >= 15 is 0 Å². The van der Waals surface area contributed by atoms with Gasteiger partial charge in [-0.2, -0.15) is 0 Å². The Morgan fingerprint density at radius 1 is 1.27 bits per heavy atom. The SMILES string of the molecule is CC(C)CCn1c(=O)c2ccccc2n2c(SCC(=O)N3CCC[C@H](C)C3)nnc12. The number of aromatic nitrogens is 4. The van der Waals surface area contributed by atoms with Crippen molar-refractivity contribution in [3.8, 4) is 0 Å². The molecule has 0 bridgehead atoms. The van der Waals surface area contributed by atoms with Crippen LogP contribution >= 0.6 is 11.8 Å². The number of fused-ring (bicyclic) bond motifs is 3. The Labute approximate surface area is 180 Å². The minimum Gasteiger partial charge on any atom is -0.342 e. The fourth-order valence-electron chi connectivity index (χ4n) is 4.05. The molecule has 4 rings (SSSR count). The number of hydrogen-bond acceptors (Lipinski definition) is 5. The third-order valence-corrected chi connectivity index (χ3v) is 6.66. The lowest BCUT2D eigenvalue weighted by molar-refractivity contribution is -0.130. The molecule has 1 fully saturated rings. The molecule has 2 aromatic heterocycles. The molecule has 160 valence electrons. The number of benzene rings is 1. The maximum absolute atomic E-state index is 13.1. The second kappa shape index (κ2) is 8.79. The van der Waals surface area contributed by atoms with Gasteiger partial charge < -0.3 is 4.90 Å². The zero-order valence-corrected chi connectivity index (χ0v) is 18.7. The Balaban J connectivity index is 1.67. The highest BCUT2D eigenvalue weighted by Gasteiger charge is 2.22. The summed E-state index contributed by atoms with van der Waals surface area (Å²) in [6, 6.07) is 7.55. The van der Waals surface area contributed by atoms with Gasteiger partial charge in [0.25, 0.3) is 5.56 Å². The van der Waals surface area contributed by atoms with Gasteiger partial charge in [0.1, 0.15) is 0 Å². The van der Waals surface area contributed by atoms with Crippen molar-refractivity contribution < 1.29 is 4.79 Å². The van der Waals surface area contributed by atoms with E-state index in [9.17, 15) is 9.59 Å². The Morgan fingerprint density at radius 2 is 2.07 bits per heavy atom. The van der Waals surface area contributed by atoms with Gasteiger partial charge >= 0.3 is 0 Å². The zero-order chi connectivity index (χ0) is 21.3. The van der Waals surface area contributed by atoms with Crippen molar-refractivity contribution in [1.82, 2.24) is 24.1 Å². The van der Waals surface area contributed by atoms with E-state index in [0.29, 0.717) is 40.5 Å².